The Morgan fingerprint density at radius 1 is 1.03 bits per heavy atom. The molecule has 202 valence electrons. The van der Waals surface area contributed by atoms with Crippen LogP contribution in [0.4, 0.5) is 0 Å². The number of nitrogens with zero attached hydrogens (tertiary/aromatic N) is 1. The van der Waals surface area contributed by atoms with Crippen LogP contribution in [0.5, 0.6) is 0 Å². The first kappa shape index (κ1) is 29.1. The molecule has 38 heavy (non-hydrogen) atoms. The molecule has 8 nitrogen and oxygen atoms in total. The van der Waals surface area contributed by atoms with Gasteiger partial charge in [-0.05, 0) is 57.4 Å². The average molecular weight is 538 g/mol. The molecule has 0 unspecified atom stereocenters. The van der Waals surface area contributed by atoms with E-state index in [1.807, 2.05) is 42.5 Å². The van der Waals surface area contributed by atoms with Crippen LogP contribution in [-0.2, 0) is 25.6 Å². The van der Waals surface area contributed by atoms with E-state index in [2.05, 4.69) is 15.8 Å². The number of rotatable bonds is 12. The smallest absolute Gasteiger partial charge is 0.244 e. The highest BCUT2D eigenvalue weighted by atomic mass is 32.1. The number of benzene rings is 2. The average Bonchev–Trinajstić information content (AvgIpc) is 3.31. The van der Waals surface area contributed by atoms with Crippen molar-refractivity contribution in [2.24, 2.45) is 5.92 Å². The van der Waals surface area contributed by atoms with Crippen molar-refractivity contribution in [3.8, 4) is 0 Å². The summed E-state index contributed by atoms with van der Waals surface area (Å²) in [6.07, 6.45) is 0.303. The molecule has 0 spiro atoms. The van der Waals surface area contributed by atoms with Crippen molar-refractivity contribution in [2.75, 3.05) is 0 Å². The Morgan fingerprint density at radius 2 is 1.74 bits per heavy atom. The van der Waals surface area contributed by atoms with Gasteiger partial charge in [0.1, 0.15) is 5.69 Å². The van der Waals surface area contributed by atoms with E-state index in [-0.39, 0.29) is 36.5 Å². The second kappa shape index (κ2) is 12.9. The van der Waals surface area contributed by atoms with Crippen LogP contribution in [-0.4, -0.2) is 40.0 Å². The SMILES string of the molecule is Cc1nc(C(=O)C[C@@H](CC(=O)NOC(C)(C)C)C(=O)N[C@@H](C)C(=O)CCc2cccc3ccccc23)cs1. The van der Waals surface area contributed by atoms with E-state index >= 15 is 0 Å². The number of thiazole rings is 1. The maximum absolute atomic E-state index is 13.2. The van der Waals surface area contributed by atoms with Crippen LogP contribution in [0, 0.1) is 12.8 Å². The summed E-state index contributed by atoms with van der Waals surface area (Å²) in [7, 11) is 0. The number of carbonyl (C=O) groups is 4. The molecule has 3 rings (SSSR count). The number of amides is 2. The largest absolute Gasteiger partial charge is 0.346 e. The molecule has 0 radical (unpaired) electrons. The monoisotopic (exact) mass is 537 g/mol. The summed E-state index contributed by atoms with van der Waals surface area (Å²) < 4.78 is 0. The number of carbonyl (C=O) groups excluding carboxylic acids is 4. The predicted molar refractivity (Wildman–Crippen MR) is 148 cm³/mol. The number of nitrogens with one attached hydrogen (secondary N) is 2. The van der Waals surface area contributed by atoms with E-state index in [0.717, 1.165) is 21.3 Å². The molecule has 3 aromatic rings. The Balaban J connectivity index is 1.64. The number of ketones is 2. The van der Waals surface area contributed by atoms with Crippen LogP contribution in [0.15, 0.2) is 47.8 Å². The molecule has 0 fully saturated rings. The first-order valence-electron chi connectivity index (χ1n) is 12.6. The molecule has 2 aromatic carbocycles. The molecule has 2 N–H and O–H groups in total. The Bertz CT molecular complexity index is 1310. The van der Waals surface area contributed by atoms with Crippen LogP contribution in [0.2, 0.25) is 0 Å². The van der Waals surface area contributed by atoms with Gasteiger partial charge in [0.05, 0.1) is 22.6 Å². The molecule has 0 saturated carbocycles. The van der Waals surface area contributed by atoms with Crippen molar-refractivity contribution in [3.63, 3.8) is 0 Å². The van der Waals surface area contributed by atoms with E-state index in [9.17, 15) is 19.2 Å². The molecule has 0 aliphatic heterocycles. The summed E-state index contributed by atoms with van der Waals surface area (Å²) in [5.41, 5.74) is 3.05. The zero-order valence-electron chi connectivity index (χ0n) is 22.5. The quantitative estimate of drug-likeness (QED) is 0.255. The van der Waals surface area contributed by atoms with Crippen LogP contribution < -0.4 is 10.8 Å². The Kier molecular flexibility index (Phi) is 9.88. The number of Topliss-reactive ketones (excluding diaryl/α,β-unsaturated/α-hetero) is 2. The maximum Gasteiger partial charge on any atom is 0.244 e. The van der Waals surface area contributed by atoms with Gasteiger partial charge < -0.3 is 5.32 Å². The Hall–Kier alpha value is -3.43. The van der Waals surface area contributed by atoms with Crippen molar-refractivity contribution in [3.05, 3.63) is 64.1 Å². The van der Waals surface area contributed by atoms with Crippen molar-refractivity contribution in [2.45, 2.75) is 71.9 Å². The molecule has 0 saturated heterocycles. The third-order valence-corrected chi connectivity index (χ3v) is 6.75. The third kappa shape index (κ3) is 8.56. The zero-order valence-corrected chi connectivity index (χ0v) is 23.3. The highest BCUT2D eigenvalue weighted by Gasteiger charge is 2.29. The van der Waals surface area contributed by atoms with Crippen LogP contribution >= 0.6 is 11.3 Å². The van der Waals surface area contributed by atoms with Crippen molar-refractivity contribution < 1.29 is 24.0 Å². The predicted octanol–water partition coefficient (Wildman–Crippen LogP) is 4.74. The van der Waals surface area contributed by atoms with Gasteiger partial charge in [0.2, 0.25) is 11.8 Å². The number of aromatic nitrogens is 1. The van der Waals surface area contributed by atoms with E-state index in [1.165, 1.54) is 11.3 Å². The van der Waals surface area contributed by atoms with Gasteiger partial charge >= 0.3 is 0 Å². The standard InChI is InChI=1S/C29H35N3O5S/c1-18(25(33)14-13-21-11-8-10-20-9-6-7-12-23(20)21)30-28(36)22(16-27(35)32-37-29(3,4)5)15-26(34)24-17-38-19(2)31-24/h6-12,17-18,22H,13-16H2,1-5H3,(H,30,36)(H,32,35)/t18-,22-/m0/s1. The summed E-state index contributed by atoms with van der Waals surface area (Å²) >= 11 is 1.34. The third-order valence-electron chi connectivity index (χ3n) is 5.97. The first-order valence-corrected chi connectivity index (χ1v) is 13.5. The molecule has 9 heteroatoms. The number of fused-ring (bicyclic) bond motifs is 1. The van der Waals surface area contributed by atoms with E-state index in [0.29, 0.717) is 6.42 Å². The highest BCUT2D eigenvalue weighted by molar-refractivity contribution is 7.09. The summed E-state index contributed by atoms with van der Waals surface area (Å²) in [4.78, 5) is 60.9. The molecular formula is C29H35N3O5S. The van der Waals surface area contributed by atoms with Gasteiger partial charge in [-0.15, -0.1) is 11.3 Å². The lowest BCUT2D eigenvalue weighted by atomic mass is 9.95. The molecule has 0 aliphatic carbocycles. The van der Waals surface area contributed by atoms with Crippen molar-refractivity contribution in [1.29, 1.82) is 0 Å². The molecule has 2 atom stereocenters. The number of aryl methyl sites for hydroxylation is 2. The topological polar surface area (TPSA) is 114 Å². The maximum atomic E-state index is 13.2. The van der Waals surface area contributed by atoms with E-state index < -0.39 is 29.4 Å². The number of hydrogen-bond acceptors (Lipinski definition) is 7. The number of hydrogen-bond donors (Lipinski definition) is 2. The summed E-state index contributed by atoms with van der Waals surface area (Å²) in [5.74, 6) is -2.53. The van der Waals surface area contributed by atoms with Gasteiger partial charge in [0, 0.05) is 24.6 Å². The highest BCUT2D eigenvalue weighted by Crippen LogP contribution is 2.21. The minimum atomic E-state index is -0.985. The lowest BCUT2D eigenvalue weighted by Crippen LogP contribution is -2.44. The molecule has 2 amide bonds. The molecular weight excluding hydrogens is 502 g/mol. The van der Waals surface area contributed by atoms with Crippen molar-refractivity contribution >= 4 is 45.5 Å². The Labute approximate surface area is 227 Å². The molecule has 0 aliphatic rings. The van der Waals surface area contributed by atoms with Gasteiger partial charge in [-0.3, -0.25) is 24.0 Å². The van der Waals surface area contributed by atoms with E-state index in [1.54, 1.807) is 40.0 Å². The second-order valence-electron chi connectivity index (χ2n) is 10.4. The minimum Gasteiger partial charge on any atom is -0.346 e. The normalized spacial score (nSPS) is 13.1. The molecule has 1 heterocycles. The molecule has 1 aromatic heterocycles. The summed E-state index contributed by atoms with van der Waals surface area (Å²) in [5, 5.41) is 7.28. The van der Waals surface area contributed by atoms with Gasteiger partial charge in [-0.2, -0.15) is 0 Å². The number of hydroxylamine groups is 1. The van der Waals surface area contributed by atoms with Crippen molar-refractivity contribution in [1.82, 2.24) is 15.8 Å². The van der Waals surface area contributed by atoms with Gasteiger partial charge in [0.15, 0.2) is 11.6 Å². The van der Waals surface area contributed by atoms with Crippen LogP contribution in [0.25, 0.3) is 10.8 Å². The molecule has 0 bridgehead atoms. The van der Waals surface area contributed by atoms with Gasteiger partial charge in [-0.25, -0.2) is 10.5 Å². The first-order chi connectivity index (χ1) is 17.9. The lowest BCUT2D eigenvalue weighted by Gasteiger charge is -2.21. The van der Waals surface area contributed by atoms with E-state index in [4.69, 9.17) is 4.84 Å². The van der Waals surface area contributed by atoms with Gasteiger partial charge in [-0.1, -0.05) is 42.5 Å². The fourth-order valence-corrected chi connectivity index (χ4v) is 4.57. The summed E-state index contributed by atoms with van der Waals surface area (Å²) in [6, 6.07) is 13.2. The Morgan fingerprint density at radius 3 is 2.42 bits per heavy atom. The summed E-state index contributed by atoms with van der Waals surface area (Å²) in [6.45, 7) is 8.73. The fraction of sp³-hybridized carbons (Fsp3) is 0.414. The minimum absolute atomic E-state index is 0.132. The van der Waals surface area contributed by atoms with Crippen LogP contribution in [0.1, 0.15) is 68.0 Å². The van der Waals surface area contributed by atoms with Gasteiger partial charge in [0.25, 0.3) is 0 Å². The second-order valence-corrected chi connectivity index (χ2v) is 11.4. The zero-order chi connectivity index (χ0) is 27.9. The van der Waals surface area contributed by atoms with Crippen LogP contribution in [0.3, 0.4) is 0 Å². The fourth-order valence-electron chi connectivity index (χ4n) is 3.95. The lowest BCUT2D eigenvalue weighted by molar-refractivity contribution is -0.148.